The Kier molecular flexibility index (Phi) is 5.80. The van der Waals surface area contributed by atoms with Crippen LogP contribution in [0.3, 0.4) is 0 Å². The van der Waals surface area contributed by atoms with Crippen LogP contribution in [-0.4, -0.2) is 44.1 Å². The normalized spacial score (nSPS) is 18.5. The molecule has 0 radical (unpaired) electrons. The van der Waals surface area contributed by atoms with E-state index in [0.717, 1.165) is 36.3 Å². The number of ether oxygens (including phenoxy) is 2. The summed E-state index contributed by atoms with van der Waals surface area (Å²) >= 11 is 0. The van der Waals surface area contributed by atoms with Gasteiger partial charge in [0.2, 0.25) is 0 Å². The molecule has 3 heterocycles. The Morgan fingerprint density at radius 1 is 1.30 bits per heavy atom. The monoisotopic (exact) mass is 410 g/mol. The zero-order valence-electron chi connectivity index (χ0n) is 17.4. The van der Waals surface area contributed by atoms with Crippen molar-refractivity contribution in [2.45, 2.75) is 44.8 Å². The minimum absolute atomic E-state index is 0.147. The minimum atomic E-state index is -0.259. The number of aromatic amines is 1. The zero-order valence-corrected chi connectivity index (χ0v) is 17.4. The maximum Gasteiger partial charge on any atom is 0.275 e. The van der Waals surface area contributed by atoms with E-state index in [2.05, 4.69) is 25.6 Å². The van der Waals surface area contributed by atoms with Crippen molar-refractivity contribution >= 4 is 11.7 Å². The fraction of sp³-hybridized carbons (Fsp3) is 0.429. The molecule has 1 saturated carbocycles. The van der Waals surface area contributed by atoms with Gasteiger partial charge in [-0.3, -0.25) is 19.6 Å². The van der Waals surface area contributed by atoms with Crippen LogP contribution in [0.15, 0.2) is 30.6 Å². The van der Waals surface area contributed by atoms with Crippen molar-refractivity contribution in [3.8, 4) is 5.75 Å². The van der Waals surface area contributed by atoms with E-state index >= 15 is 0 Å². The number of H-pyrrole nitrogens is 1. The van der Waals surface area contributed by atoms with E-state index in [9.17, 15) is 4.79 Å². The second-order valence-electron chi connectivity index (χ2n) is 7.69. The average molecular weight is 410 g/mol. The van der Waals surface area contributed by atoms with Gasteiger partial charge < -0.3 is 14.8 Å². The summed E-state index contributed by atoms with van der Waals surface area (Å²) in [7, 11) is 3.32. The average Bonchev–Trinajstić information content (AvgIpc) is 3.42. The van der Waals surface area contributed by atoms with E-state index in [-0.39, 0.29) is 12.0 Å². The molecule has 30 heavy (non-hydrogen) atoms. The van der Waals surface area contributed by atoms with Crippen LogP contribution >= 0.6 is 0 Å². The highest BCUT2D eigenvalue weighted by molar-refractivity contribution is 6.02. The first kappa shape index (κ1) is 20.1. The molecule has 9 heteroatoms. The van der Waals surface area contributed by atoms with Crippen molar-refractivity contribution in [3.05, 3.63) is 53.2 Å². The maximum absolute atomic E-state index is 12.6. The molecular formula is C21H26N6O3. The van der Waals surface area contributed by atoms with Crippen molar-refractivity contribution < 1.29 is 14.3 Å². The Morgan fingerprint density at radius 3 is 2.97 bits per heavy atom. The van der Waals surface area contributed by atoms with E-state index in [4.69, 9.17) is 9.47 Å². The van der Waals surface area contributed by atoms with E-state index in [1.165, 1.54) is 4.68 Å². The van der Waals surface area contributed by atoms with Crippen LogP contribution in [-0.2, 0) is 18.4 Å². The van der Waals surface area contributed by atoms with Gasteiger partial charge in [0, 0.05) is 38.0 Å². The largest absolute Gasteiger partial charge is 0.489 e. The first-order valence-corrected chi connectivity index (χ1v) is 9.98. The van der Waals surface area contributed by atoms with Gasteiger partial charge in [-0.2, -0.15) is 10.2 Å². The molecule has 1 aliphatic carbocycles. The van der Waals surface area contributed by atoms with Gasteiger partial charge in [-0.15, -0.1) is 0 Å². The fourth-order valence-electron chi connectivity index (χ4n) is 3.86. The van der Waals surface area contributed by atoms with E-state index in [1.54, 1.807) is 26.4 Å². The molecule has 0 saturated heterocycles. The number of rotatable bonds is 7. The number of carbonyl (C=O) groups is 1. The topological polar surface area (TPSA) is 107 Å². The van der Waals surface area contributed by atoms with Gasteiger partial charge in [0.05, 0.1) is 24.6 Å². The number of methoxy groups -OCH3 is 1. The van der Waals surface area contributed by atoms with Crippen molar-refractivity contribution in [1.82, 2.24) is 25.0 Å². The number of hydrogen-bond acceptors (Lipinski definition) is 6. The third-order valence-corrected chi connectivity index (χ3v) is 5.27. The lowest BCUT2D eigenvalue weighted by Gasteiger charge is -2.13. The molecule has 1 amide bonds. The lowest BCUT2D eigenvalue weighted by Crippen LogP contribution is -2.16. The van der Waals surface area contributed by atoms with Gasteiger partial charge in [0.25, 0.3) is 5.91 Å². The Bertz CT molecular complexity index is 1030. The second-order valence-corrected chi connectivity index (χ2v) is 7.69. The molecule has 0 unspecified atom stereocenters. The van der Waals surface area contributed by atoms with Gasteiger partial charge >= 0.3 is 0 Å². The van der Waals surface area contributed by atoms with Gasteiger partial charge in [-0.05, 0) is 43.9 Å². The summed E-state index contributed by atoms with van der Waals surface area (Å²) in [6, 6.07) is 5.61. The van der Waals surface area contributed by atoms with Crippen LogP contribution in [0, 0.1) is 6.92 Å². The molecule has 3 aromatic heterocycles. The van der Waals surface area contributed by atoms with E-state index in [1.807, 2.05) is 25.3 Å². The van der Waals surface area contributed by atoms with Crippen LogP contribution in [0.25, 0.3) is 0 Å². The quantitative estimate of drug-likeness (QED) is 0.620. The van der Waals surface area contributed by atoms with Crippen LogP contribution in [0.1, 0.15) is 52.6 Å². The molecule has 2 atom stereocenters. The van der Waals surface area contributed by atoms with Crippen molar-refractivity contribution in [2.24, 2.45) is 7.05 Å². The number of hydrogen-bond donors (Lipinski definition) is 2. The first-order valence-electron chi connectivity index (χ1n) is 9.98. The molecule has 3 aromatic rings. The number of amides is 1. The van der Waals surface area contributed by atoms with Gasteiger partial charge in [0.15, 0.2) is 5.82 Å². The summed E-state index contributed by atoms with van der Waals surface area (Å²) in [4.78, 5) is 16.8. The van der Waals surface area contributed by atoms with Crippen LogP contribution < -0.4 is 10.1 Å². The van der Waals surface area contributed by atoms with Crippen molar-refractivity contribution in [1.29, 1.82) is 0 Å². The predicted molar refractivity (Wildman–Crippen MR) is 110 cm³/mol. The smallest absolute Gasteiger partial charge is 0.275 e. The SMILES string of the molecule is COCc1cc(C(=O)Nc2cc([C@@H]3CC[C@H](Oc4cncc(C)c4)C3)[nH]n2)n(C)n1. The third-order valence-electron chi connectivity index (χ3n) is 5.27. The molecule has 1 aliphatic rings. The van der Waals surface area contributed by atoms with E-state index in [0.29, 0.717) is 29.7 Å². The minimum Gasteiger partial charge on any atom is -0.489 e. The molecular weight excluding hydrogens is 384 g/mol. The summed E-state index contributed by atoms with van der Waals surface area (Å²) in [5.74, 6) is 1.36. The molecule has 158 valence electrons. The first-order chi connectivity index (χ1) is 14.5. The van der Waals surface area contributed by atoms with Crippen molar-refractivity contribution in [2.75, 3.05) is 12.4 Å². The predicted octanol–water partition coefficient (Wildman–Crippen LogP) is 2.96. The highest BCUT2D eigenvalue weighted by Gasteiger charge is 2.29. The summed E-state index contributed by atoms with van der Waals surface area (Å²) < 4.78 is 12.7. The standard InChI is InChI=1S/C21H26N6O3/c1-13-6-17(11-22-10-13)30-16-5-4-14(7-16)18-9-20(25-24-18)23-21(28)19-8-15(12-29-3)26-27(19)2/h6,8-11,14,16H,4-5,7,12H2,1-3H3,(H2,23,24,25,28)/t14-,16+/m1/s1. The van der Waals surface area contributed by atoms with Crippen molar-refractivity contribution in [3.63, 3.8) is 0 Å². The number of anilines is 1. The number of aromatic nitrogens is 5. The van der Waals surface area contributed by atoms with Crippen LogP contribution in [0.2, 0.25) is 0 Å². The van der Waals surface area contributed by atoms with Crippen LogP contribution in [0.4, 0.5) is 5.82 Å². The lowest BCUT2D eigenvalue weighted by molar-refractivity contribution is 0.101. The number of nitrogens with zero attached hydrogens (tertiary/aromatic N) is 4. The molecule has 0 aliphatic heterocycles. The van der Waals surface area contributed by atoms with Gasteiger partial charge in [-0.25, -0.2) is 0 Å². The molecule has 9 nitrogen and oxygen atoms in total. The third kappa shape index (κ3) is 4.51. The number of carbonyl (C=O) groups excluding carboxylic acids is 1. The Labute approximate surface area is 174 Å². The van der Waals surface area contributed by atoms with E-state index < -0.39 is 0 Å². The molecule has 4 rings (SSSR count). The van der Waals surface area contributed by atoms with Gasteiger partial charge in [-0.1, -0.05) is 0 Å². The summed E-state index contributed by atoms with van der Waals surface area (Å²) in [6.45, 7) is 2.36. The number of nitrogens with one attached hydrogen (secondary N) is 2. The Balaban J connectivity index is 1.35. The molecule has 0 spiro atoms. The maximum atomic E-state index is 12.6. The summed E-state index contributed by atoms with van der Waals surface area (Å²) in [6.07, 6.45) is 6.58. The molecule has 1 fully saturated rings. The highest BCUT2D eigenvalue weighted by Crippen LogP contribution is 2.36. The zero-order chi connectivity index (χ0) is 21.1. The Hall–Kier alpha value is -3.20. The Morgan fingerprint density at radius 2 is 2.17 bits per heavy atom. The van der Waals surface area contributed by atoms with Gasteiger partial charge in [0.1, 0.15) is 11.4 Å². The van der Waals surface area contributed by atoms with Crippen LogP contribution in [0.5, 0.6) is 5.75 Å². The molecule has 0 aromatic carbocycles. The lowest BCUT2D eigenvalue weighted by atomic mass is 10.0. The molecule has 0 bridgehead atoms. The number of pyridine rings is 1. The number of aryl methyl sites for hydroxylation is 2. The highest BCUT2D eigenvalue weighted by atomic mass is 16.5. The summed E-state index contributed by atoms with van der Waals surface area (Å²) in [5.41, 5.74) is 3.24. The fourth-order valence-corrected chi connectivity index (χ4v) is 3.86. The summed E-state index contributed by atoms with van der Waals surface area (Å²) in [5, 5.41) is 14.4. The second kappa shape index (κ2) is 8.66. The molecule has 2 N–H and O–H groups in total.